The Hall–Kier alpha value is -3.44. The van der Waals surface area contributed by atoms with Gasteiger partial charge in [0, 0.05) is 25.4 Å². The van der Waals surface area contributed by atoms with Gasteiger partial charge in [0.15, 0.2) is 0 Å². The van der Waals surface area contributed by atoms with Crippen LogP contribution in [0.3, 0.4) is 0 Å². The quantitative estimate of drug-likeness (QED) is 0.710. The molecule has 29 heavy (non-hydrogen) atoms. The van der Waals surface area contributed by atoms with Crippen molar-refractivity contribution in [1.82, 2.24) is 34.8 Å². The summed E-state index contributed by atoms with van der Waals surface area (Å²) >= 11 is 0. The number of halogens is 3. The molecule has 1 N–H and O–H groups in total. The lowest BCUT2D eigenvalue weighted by Gasteiger charge is -2.11. The molecule has 0 saturated carbocycles. The van der Waals surface area contributed by atoms with E-state index in [9.17, 15) is 18.0 Å². The monoisotopic (exact) mass is 407 g/mol. The van der Waals surface area contributed by atoms with E-state index >= 15 is 0 Å². The van der Waals surface area contributed by atoms with Gasteiger partial charge < -0.3 is 10.1 Å². The van der Waals surface area contributed by atoms with Crippen molar-refractivity contribution in [3.8, 4) is 17.3 Å². The van der Waals surface area contributed by atoms with Crippen molar-refractivity contribution in [3.05, 3.63) is 41.6 Å². The van der Waals surface area contributed by atoms with Gasteiger partial charge in [-0.15, -0.1) is 5.10 Å². The lowest BCUT2D eigenvalue weighted by atomic mass is 10.1. The summed E-state index contributed by atoms with van der Waals surface area (Å²) in [7, 11) is 2.97. The highest BCUT2D eigenvalue weighted by Gasteiger charge is 2.33. The van der Waals surface area contributed by atoms with Gasteiger partial charge in [0.05, 0.1) is 24.5 Å². The Labute approximate surface area is 162 Å². The molecule has 1 aliphatic rings. The molecule has 1 atom stereocenters. The molecule has 9 nitrogen and oxygen atoms in total. The summed E-state index contributed by atoms with van der Waals surface area (Å²) in [5.41, 5.74) is 0.404. The minimum absolute atomic E-state index is 0.0783. The van der Waals surface area contributed by atoms with E-state index in [1.165, 1.54) is 17.9 Å². The van der Waals surface area contributed by atoms with E-state index in [0.717, 1.165) is 12.3 Å². The number of nitrogens with zero attached hydrogens (tertiary/aromatic N) is 6. The normalized spacial score (nSPS) is 16.0. The number of nitrogens with one attached hydrogen (secondary N) is 1. The van der Waals surface area contributed by atoms with Crippen LogP contribution in [0.2, 0.25) is 0 Å². The zero-order valence-corrected chi connectivity index (χ0v) is 15.4. The average Bonchev–Trinajstić information content (AvgIpc) is 3.36. The number of carbonyl (C=O) groups excluding carboxylic acids is 1. The van der Waals surface area contributed by atoms with Crippen LogP contribution in [0.4, 0.5) is 13.2 Å². The minimum Gasteiger partial charge on any atom is -0.466 e. The number of methoxy groups -OCH3 is 1. The molecule has 3 aromatic heterocycles. The summed E-state index contributed by atoms with van der Waals surface area (Å²) < 4.78 is 46.6. The maximum atomic E-state index is 12.9. The predicted octanol–water partition coefficient (Wildman–Crippen LogP) is 1.98. The Balaban J connectivity index is 1.56. The molecule has 3 aromatic rings. The molecule has 0 bridgehead atoms. The predicted molar refractivity (Wildman–Crippen MR) is 92.8 cm³/mol. The third-order valence-electron chi connectivity index (χ3n) is 4.58. The smallest absolute Gasteiger partial charge is 0.433 e. The molecule has 4 rings (SSSR count). The molecule has 0 spiro atoms. The minimum atomic E-state index is -4.54. The van der Waals surface area contributed by atoms with E-state index in [4.69, 9.17) is 4.74 Å². The fraction of sp³-hybridized carbons (Fsp3) is 0.353. The number of aryl methyl sites for hydroxylation is 2. The van der Waals surface area contributed by atoms with Gasteiger partial charge in [-0.05, 0) is 24.6 Å². The molecule has 152 valence electrons. The standard InChI is InChI=1S/C17H16F3N7O2/c1-26-14(23-16(25-26)29-2)15(28)22-10-4-6-27-12(10)8-11(24-27)9-3-5-21-13(7-9)17(18,19)20/h3,5,7-8,10H,4,6H2,1-2H3,(H,22,28). The zero-order valence-electron chi connectivity index (χ0n) is 15.4. The number of amides is 1. The molecule has 0 radical (unpaired) electrons. The maximum Gasteiger partial charge on any atom is 0.433 e. The van der Waals surface area contributed by atoms with E-state index in [1.54, 1.807) is 17.8 Å². The number of aromatic nitrogens is 6. The van der Waals surface area contributed by atoms with Crippen molar-refractivity contribution >= 4 is 5.91 Å². The van der Waals surface area contributed by atoms with Gasteiger partial charge in [0.25, 0.3) is 5.91 Å². The largest absolute Gasteiger partial charge is 0.466 e. The second-order valence-corrected chi connectivity index (χ2v) is 6.47. The molecule has 4 heterocycles. The number of hydrogen-bond acceptors (Lipinski definition) is 6. The Morgan fingerprint density at radius 3 is 2.79 bits per heavy atom. The fourth-order valence-electron chi connectivity index (χ4n) is 3.19. The summed E-state index contributed by atoms with van der Waals surface area (Å²) in [5.74, 6) is -0.350. The Morgan fingerprint density at radius 2 is 2.10 bits per heavy atom. The molecule has 1 aliphatic heterocycles. The van der Waals surface area contributed by atoms with Crippen LogP contribution in [0, 0.1) is 0 Å². The van der Waals surface area contributed by atoms with Gasteiger partial charge in [0.1, 0.15) is 5.69 Å². The number of carbonyl (C=O) groups is 1. The molecule has 0 aromatic carbocycles. The first-order valence-electron chi connectivity index (χ1n) is 8.63. The third-order valence-corrected chi connectivity index (χ3v) is 4.58. The lowest BCUT2D eigenvalue weighted by Crippen LogP contribution is -2.29. The Bertz CT molecular complexity index is 1070. The average molecular weight is 407 g/mol. The zero-order chi connectivity index (χ0) is 20.8. The highest BCUT2D eigenvalue weighted by molar-refractivity contribution is 5.91. The van der Waals surface area contributed by atoms with Gasteiger partial charge in [0.2, 0.25) is 5.82 Å². The van der Waals surface area contributed by atoms with E-state index in [2.05, 4.69) is 25.5 Å². The summed E-state index contributed by atoms with van der Waals surface area (Å²) in [6.45, 7) is 0.527. The van der Waals surface area contributed by atoms with Gasteiger partial charge in [-0.25, -0.2) is 4.68 Å². The fourth-order valence-corrected chi connectivity index (χ4v) is 3.19. The third kappa shape index (κ3) is 3.52. The van der Waals surface area contributed by atoms with Crippen LogP contribution < -0.4 is 10.1 Å². The molecule has 12 heteroatoms. The summed E-state index contributed by atoms with van der Waals surface area (Å²) in [4.78, 5) is 19.9. The Kier molecular flexibility index (Phi) is 4.47. The van der Waals surface area contributed by atoms with E-state index < -0.39 is 17.8 Å². The number of rotatable bonds is 4. The van der Waals surface area contributed by atoms with Crippen molar-refractivity contribution in [2.75, 3.05) is 7.11 Å². The van der Waals surface area contributed by atoms with Crippen molar-refractivity contribution < 1.29 is 22.7 Å². The molecule has 0 aliphatic carbocycles. The van der Waals surface area contributed by atoms with Crippen molar-refractivity contribution in [2.24, 2.45) is 7.05 Å². The number of pyridine rings is 1. The first-order chi connectivity index (χ1) is 13.8. The summed E-state index contributed by atoms with van der Waals surface area (Å²) in [6, 6.07) is 3.82. The van der Waals surface area contributed by atoms with Crippen LogP contribution in [0.25, 0.3) is 11.3 Å². The van der Waals surface area contributed by atoms with E-state index in [-0.39, 0.29) is 17.9 Å². The second-order valence-electron chi connectivity index (χ2n) is 6.47. The topological polar surface area (TPSA) is 99.7 Å². The van der Waals surface area contributed by atoms with Gasteiger partial charge in [-0.3, -0.25) is 14.5 Å². The number of hydrogen-bond donors (Lipinski definition) is 1. The van der Waals surface area contributed by atoms with Crippen LogP contribution in [0.5, 0.6) is 6.01 Å². The van der Waals surface area contributed by atoms with E-state index in [0.29, 0.717) is 29.9 Å². The molecule has 0 fully saturated rings. The van der Waals surface area contributed by atoms with Gasteiger partial charge >= 0.3 is 12.2 Å². The van der Waals surface area contributed by atoms with Crippen LogP contribution in [-0.4, -0.2) is 42.5 Å². The molecule has 1 amide bonds. The molecule has 1 unspecified atom stereocenters. The first kappa shape index (κ1) is 18.9. The van der Waals surface area contributed by atoms with Crippen LogP contribution in [-0.2, 0) is 19.8 Å². The Morgan fingerprint density at radius 1 is 1.31 bits per heavy atom. The summed E-state index contributed by atoms with van der Waals surface area (Å²) in [6.07, 6.45) is -2.83. The van der Waals surface area contributed by atoms with Crippen molar-refractivity contribution in [1.29, 1.82) is 0 Å². The van der Waals surface area contributed by atoms with Gasteiger partial charge in [-0.2, -0.15) is 23.3 Å². The first-order valence-corrected chi connectivity index (χ1v) is 8.63. The van der Waals surface area contributed by atoms with Gasteiger partial charge in [-0.1, -0.05) is 0 Å². The van der Waals surface area contributed by atoms with Crippen LogP contribution in [0.15, 0.2) is 24.4 Å². The lowest BCUT2D eigenvalue weighted by molar-refractivity contribution is -0.141. The molecular weight excluding hydrogens is 391 g/mol. The molecule has 0 saturated heterocycles. The second kappa shape index (κ2) is 6.87. The van der Waals surface area contributed by atoms with Crippen molar-refractivity contribution in [2.45, 2.75) is 25.2 Å². The van der Waals surface area contributed by atoms with Crippen LogP contribution in [0.1, 0.15) is 34.5 Å². The highest BCUT2D eigenvalue weighted by atomic mass is 19.4. The maximum absolute atomic E-state index is 12.9. The number of alkyl halides is 3. The van der Waals surface area contributed by atoms with Crippen LogP contribution >= 0.6 is 0 Å². The van der Waals surface area contributed by atoms with Crippen molar-refractivity contribution in [3.63, 3.8) is 0 Å². The number of fused-ring (bicyclic) bond motifs is 1. The molecular formula is C17H16F3N7O2. The number of ether oxygens (including phenoxy) is 1. The highest BCUT2D eigenvalue weighted by Crippen LogP contribution is 2.33. The van der Waals surface area contributed by atoms with E-state index in [1.807, 2.05) is 0 Å². The summed E-state index contributed by atoms with van der Waals surface area (Å²) in [5, 5.41) is 11.2. The SMILES string of the molecule is COc1nc(C(=O)NC2CCn3nc(-c4ccnc(C(F)(F)F)c4)cc32)n(C)n1.